The fraction of sp³-hybridized carbons (Fsp3) is 0.500. The number of hydrogen-bond acceptors (Lipinski definition) is 7. The summed E-state index contributed by atoms with van der Waals surface area (Å²) in [7, 11) is 1.27. The lowest BCUT2D eigenvalue weighted by molar-refractivity contribution is -0.143. The number of nitrogens with zero attached hydrogens (tertiary/aromatic N) is 3. The van der Waals surface area contributed by atoms with E-state index in [-0.39, 0.29) is 6.42 Å². The number of thiazole rings is 1. The van der Waals surface area contributed by atoms with Gasteiger partial charge in [0.15, 0.2) is 0 Å². The predicted molar refractivity (Wildman–Crippen MR) is 92.3 cm³/mol. The van der Waals surface area contributed by atoms with Crippen molar-refractivity contribution in [2.75, 3.05) is 7.11 Å². The first-order valence-electron chi connectivity index (χ1n) is 7.72. The molecule has 0 fully saturated rings. The number of alkyl carbamates (subject to hydrolysis) is 1. The second-order valence-corrected chi connectivity index (χ2v) is 7.40. The number of ether oxygens (including phenoxy) is 2. The molecule has 1 unspecified atom stereocenters. The Morgan fingerprint density at radius 2 is 2.16 bits per heavy atom. The number of esters is 1. The van der Waals surface area contributed by atoms with E-state index in [0.717, 1.165) is 4.88 Å². The van der Waals surface area contributed by atoms with Crippen molar-refractivity contribution in [3.63, 3.8) is 0 Å². The minimum absolute atomic E-state index is 0.210. The van der Waals surface area contributed by atoms with Crippen molar-refractivity contribution in [2.45, 2.75) is 45.4 Å². The molecule has 0 bridgehead atoms. The average molecular weight is 366 g/mol. The summed E-state index contributed by atoms with van der Waals surface area (Å²) in [4.78, 5) is 33.3. The van der Waals surface area contributed by atoms with E-state index in [9.17, 15) is 9.59 Å². The lowest BCUT2D eigenvalue weighted by Crippen LogP contribution is -2.45. The van der Waals surface area contributed by atoms with E-state index in [0.29, 0.717) is 12.2 Å². The highest BCUT2D eigenvalue weighted by atomic mass is 32.1. The maximum absolute atomic E-state index is 11.9. The van der Waals surface area contributed by atoms with Crippen LogP contribution in [0.2, 0.25) is 0 Å². The SMILES string of the molecule is COC(=O)C(Cc1cn(Cc2cncs2)cn1)NC(=O)OC(C)(C)C. The molecule has 0 aliphatic rings. The van der Waals surface area contributed by atoms with Gasteiger partial charge in [0.1, 0.15) is 11.6 Å². The Labute approximate surface area is 150 Å². The van der Waals surface area contributed by atoms with Gasteiger partial charge < -0.3 is 19.4 Å². The van der Waals surface area contributed by atoms with Crippen molar-refractivity contribution >= 4 is 23.4 Å². The summed E-state index contributed by atoms with van der Waals surface area (Å²) in [6, 6.07) is -0.869. The number of methoxy groups -OCH3 is 1. The third-order valence-electron chi connectivity index (χ3n) is 3.10. The molecule has 9 heteroatoms. The molecule has 0 aromatic carbocycles. The van der Waals surface area contributed by atoms with Crippen molar-refractivity contribution in [2.24, 2.45) is 0 Å². The maximum Gasteiger partial charge on any atom is 0.408 e. The Morgan fingerprint density at radius 3 is 2.76 bits per heavy atom. The molecule has 0 aliphatic carbocycles. The number of rotatable bonds is 6. The number of aromatic nitrogens is 3. The molecular weight excluding hydrogens is 344 g/mol. The molecule has 2 heterocycles. The van der Waals surface area contributed by atoms with Crippen LogP contribution in [0.3, 0.4) is 0 Å². The van der Waals surface area contributed by atoms with E-state index in [4.69, 9.17) is 9.47 Å². The van der Waals surface area contributed by atoms with Crippen LogP contribution in [0.1, 0.15) is 31.3 Å². The highest BCUT2D eigenvalue weighted by Gasteiger charge is 2.26. The quantitative estimate of drug-likeness (QED) is 0.786. The summed E-state index contributed by atoms with van der Waals surface area (Å²) in [5.41, 5.74) is 1.78. The molecular formula is C16H22N4O4S. The van der Waals surface area contributed by atoms with Crippen molar-refractivity contribution in [1.82, 2.24) is 19.9 Å². The van der Waals surface area contributed by atoms with Crippen LogP contribution in [0, 0.1) is 0 Å². The van der Waals surface area contributed by atoms with Crippen LogP contribution < -0.4 is 5.32 Å². The summed E-state index contributed by atoms with van der Waals surface area (Å²) in [6.45, 7) is 5.91. The van der Waals surface area contributed by atoms with Crippen LogP contribution in [0.5, 0.6) is 0 Å². The van der Waals surface area contributed by atoms with E-state index < -0.39 is 23.7 Å². The zero-order valence-corrected chi connectivity index (χ0v) is 15.5. The van der Waals surface area contributed by atoms with Gasteiger partial charge in [-0.15, -0.1) is 11.3 Å². The topological polar surface area (TPSA) is 95.3 Å². The molecule has 2 aromatic heterocycles. The first-order valence-corrected chi connectivity index (χ1v) is 8.60. The molecule has 1 amide bonds. The van der Waals surface area contributed by atoms with Crippen LogP contribution in [0.15, 0.2) is 24.2 Å². The van der Waals surface area contributed by atoms with Crippen molar-refractivity contribution in [3.8, 4) is 0 Å². The van der Waals surface area contributed by atoms with Crippen molar-refractivity contribution < 1.29 is 19.1 Å². The molecule has 8 nitrogen and oxygen atoms in total. The van der Waals surface area contributed by atoms with Gasteiger partial charge in [0.05, 0.1) is 31.2 Å². The first kappa shape index (κ1) is 18.9. The molecule has 0 saturated heterocycles. The predicted octanol–water partition coefficient (Wildman–Crippen LogP) is 2.00. The summed E-state index contributed by atoms with van der Waals surface area (Å²) < 4.78 is 11.8. The smallest absolute Gasteiger partial charge is 0.408 e. The minimum atomic E-state index is -0.869. The third-order valence-corrected chi connectivity index (χ3v) is 3.86. The van der Waals surface area contributed by atoms with Crippen molar-refractivity contribution in [1.29, 1.82) is 0 Å². The second-order valence-electron chi connectivity index (χ2n) is 6.43. The molecule has 1 N–H and O–H groups in total. The molecule has 1 atom stereocenters. The van der Waals surface area contributed by atoms with Gasteiger partial charge in [-0.05, 0) is 20.8 Å². The lowest BCUT2D eigenvalue weighted by Gasteiger charge is -2.22. The number of hydrogen-bond donors (Lipinski definition) is 1. The van der Waals surface area contributed by atoms with E-state index >= 15 is 0 Å². The normalized spacial score (nSPS) is 12.5. The van der Waals surface area contributed by atoms with Crippen LogP contribution in [0.4, 0.5) is 4.79 Å². The minimum Gasteiger partial charge on any atom is -0.467 e. The van der Waals surface area contributed by atoms with Gasteiger partial charge in [0.2, 0.25) is 0 Å². The summed E-state index contributed by atoms with van der Waals surface area (Å²) in [6.07, 6.45) is 4.84. The number of nitrogens with one attached hydrogen (secondary N) is 1. The van der Waals surface area contributed by atoms with Gasteiger partial charge in [-0.25, -0.2) is 14.6 Å². The van der Waals surface area contributed by atoms with E-state index in [1.165, 1.54) is 7.11 Å². The fourth-order valence-electron chi connectivity index (χ4n) is 2.09. The number of carbonyl (C=O) groups excluding carboxylic acids is 2. The van der Waals surface area contributed by atoms with E-state index in [1.54, 1.807) is 50.1 Å². The molecule has 136 valence electrons. The highest BCUT2D eigenvalue weighted by molar-refractivity contribution is 7.09. The molecule has 0 radical (unpaired) electrons. The van der Waals surface area contributed by atoms with Gasteiger partial charge in [0, 0.05) is 23.7 Å². The Hall–Kier alpha value is -2.42. The summed E-state index contributed by atoms with van der Waals surface area (Å²) in [5, 5.41) is 2.53. The molecule has 0 saturated carbocycles. The van der Waals surface area contributed by atoms with Gasteiger partial charge >= 0.3 is 12.1 Å². The van der Waals surface area contributed by atoms with Gasteiger partial charge in [-0.1, -0.05) is 0 Å². The summed E-state index contributed by atoms with van der Waals surface area (Å²) >= 11 is 1.56. The lowest BCUT2D eigenvalue weighted by atomic mass is 10.1. The Balaban J connectivity index is 2.00. The number of amides is 1. The van der Waals surface area contributed by atoms with Crippen molar-refractivity contribution in [3.05, 3.63) is 34.8 Å². The second kappa shape index (κ2) is 8.11. The summed E-state index contributed by atoms with van der Waals surface area (Å²) in [5.74, 6) is -0.553. The maximum atomic E-state index is 11.9. The van der Waals surface area contributed by atoms with Crippen LogP contribution in [-0.2, 0) is 27.2 Å². The average Bonchev–Trinajstić information content (AvgIpc) is 3.16. The molecule has 0 spiro atoms. The third kappa shape index (κ3) is 6.18. The monoisotopic (exact) mass is 366 g/mol. The number of imidazole rings is 1. The Morgan fingerprint density at radius 1 is 1.40 bits per heavy atom. The molecule has 25 heavy (non-hydrogen) atoms. The van der Waals surface area contributed by atoms with Crippen LogP contribution in [-0.4, -0.2) is 45.4 Å². The van der Waals surface area contributed by atoms with Crippen LogP contribution >= 0.6 is 11.3 Å². The zero-order valence-electron chi connectivity index (χ0n) is 14.7. The van der Waals surface area contributed by atoms with Crippen LogP contribution in [0.25, 0.3) is 0 Å². The van der Waals surface area contributed by atoms with Gasteiger partial charge in [-0.3, -0.25) is 4.98 Å². The number of carbonyl (C=O) groups is 2. The van der Waals surface area contributed by atoms with E-state index in [1.807, 2.05) is 10.8 Å². The first-order chi connectivity index (χ1) is 11.8. The fourth-order valence-corrected chi connectivity index (χ4v) is 2.70. The molecule has 2 rings (SSSR count). The van der Waals surface area contributed by atoms with E-state index in [2.05, 4.69) is 15.3 Å². The molecule has 0 aliphatic heterocycles. The largest absolute Gasteiger partial charge is 0.467 e. The van der Waals surface area contributed by atoms with Gasteiger partial charge in [-0.2, -0.15) is 0 Å². The van der Waals surface area contributed by atoms with Gasteiger partial charge in [0.25, 0.3) is 0 Å². The Bertz CT molecular complexity index is 706. The Kier molecular flexibility index (Phi) is 6.13. The zero-order chi connectivity index (χ0) is 18.4. The highest BCUT2D eigenvalue weighted by Crippen LogP contribution is 2.11. The standard InChI is InChI=1S/C16H22N4O4S/c1-16(2,3)24-15(22)19-13(14(21)23-4)5-11-7-20(9-18-11)8-12-6-17-10-25-12/h6-7,9-10,13H,5,8H2,1-4H3,(H,19,22). The molecule has 2 aromatic rings.